The summed E-state index contributed by atoms with van der Waals surface area (Å²) in [6, 6.07) is 1.10. The smallest absolute Gasteiger partial charge is 0.274 e. The molecule has 0 aromatic carbocycles. The second-order valence-corrected chi connectivity index (χ2v) is 8.09. The first-order valence-corrected chi connectivity index (χ1v) is 10.6. The molecule has 4 rings (SSSR count). The molecule has 148 valence electrons. The van der Waals surface area contributed by atoms with Crippen LogP contribution in [0.15, 0.2) is 12.7 Å². The van der Waals surface area contributed by atoms with Gasteiger partial charge in [0.2, 0.25) is 0 Å². The third kappa shape index (κ3) is 4.11. The van der Waals surface area contributed by atoms with Crippen molar-refractivity contribution in [1.29, 1.82) is 0 Å². The van der Waals surface area contributed by atoms with E-state index in [9.17, 15) is 4.79 Å². The molecule has 3 aliphatic rings. The molecular weight excluding hydrogens is 340 g/mol. The predicted octanol–water partition coefficient (Wildman–Crippen LogP) is 2.32. The van der Waals surface area contributed by atoms with Crippen LogP contribution < -0.4 is 5.32 Å². The maximum absolute atomic E-state index is 13.1. The normalized spacial score (nSPS) is 23.9. The minimum atomic E-state index is 0.0654. The van der Waals surface area contributed by atoms with Crippen LogP contribution in [0.5, 0.6) is 0 Å². The maximum atomic E-state index is 13.1. The molecule has 1 unspecified atom stereocenters. The summed E-state index contributed by atoms with van der Waals surface area (Å²) >= 11 is 0. The molecule has 1 atom stereocenters. The van der Waals surface area contributed by atoms with Crippen molar-refractivity contribution in [2.45, 2.75) is 70.0 Å². The van der Waals surface area contributed by atoms with E-state index in [0.29, 0.717) is 50.6 Å². The predicted molar refractivity (Wildman–Crippen MR) is 105 cm³/mol. The third-order valence-electron chi connectivity index (χ3n) is 6.23. The van der Waals surface area contributed by atoms with Crippen LogP contribution in [-0.2, 0) is 24.1 Å². The van der Waals surface area contributed by atoms with Crippen LogP contribution in [0.4, 0.5) is 0 Å². The largest absolute Gasteiger partial charge is 0.378 e. The van der Waals surface area contributed by atoms with E-state index < -0.39 is 0 Å². The summed E-state index contributed by atoms with van der Waals surface area (Å²) < 4.78 is 7.39. The Kier molecular flexibility index (Phi) is 5.93. The van der Waals surface area contributed by atoms with Crippen LogP contribution in [-0.4, -0.2) is 59.0 Å². The number of morpholine rings is 1. The summed E-state index contributed by atoms with van der Waals surface area (Å²) in [5.41, 5.74) is 3.05. The van der Waals surface area contributed by atoms with Gasteiger partial charge in [0.15, 0.2) is 5.69 Å². The van der Waals surface area contributed by atoms with Crippen molar-refractivity contribution in [2.24, 2.45) is 0 Å². The Labute approximate surface area is 161 Å². The zero-order valence-corrected chi connectivity index (χ0v) is 16.3. The number of hydrogen-bond acceptors (Lipinski definition) is 4. The lowest BCUT2D eigenvalue weighted by Gasteiger charge is -2.31. The first-order valence-electron chi connectivity index (χ1n) is 10.6. The Morgan fingerprint density at radius 3 is 2.70 bits per heavy atom. The van der Waals surface area contributed by atoms with Crippen LogP contribution in [0.2, 0.25) is 0 Å². The van der Waals surface area contributed by atoms with E-state index in [2.05, 4.69) is 11.9 Å². The van der Waals surface area contributed by atoms with Gasteiger partial charge in [-0.2, -0.15) is 5.10 Å². The molecule has 1 aromatic heterocycles. The van der Waals surface area contributed by atoms with Gasteiger partial charge in [-0.3, -0.25) is 9.48 Å². The first-order chi connectivity index (χ1) is 13.3. The molecule has 0 spiro atoms. The van der Waals surface area contributed by atoms with Crippen LogP contribution in [0.3, 0.4) is 0 Å². The molecule has 2 fully saturated rings. The Morgan fingerprint density at radius 2 is 1.96 bits per heavy atom. The average Bonchev–Trinajstić information content (AvgIpc) is 3.07. The summed E-state index contributed by atoms with van der Waals surface area (Å²) in [7, 11) is 0. The number of fused-ring (bicyclic) bond motifs is 1. The van der Waals surface area contributed by atoms with Gasteiger partial charge in [-0.05, 0) is 32.1 Å². The van der Waals surface area contributed by atoms with Crippen molar-refractivity contribution >= 4 is 5.91 Å². The summed E-state index contributed by atoms with van der Waals surface area (Å²) in [6.07, 6.45) is 11.5. The topological polar surface area (TPSA) is 59.4 Å². The van der Waals surface area contributed by atoms with Crippen LogP contribution >= 0.6 is 0 Å². The highest BCUT2D eigenvalue weighted by atomic mass is 16.5. The fourth-order valence-corrected chi connectivity index (χ4v) is 4.79. The number of rotatable bonds is 5. The molecule has 27 heavy (non-hydrogen) atoms. The minimum absolute atomic E-state index is 0.0654. The van der Waals surface area contributed by atoms with E-state index in [-0.39, 0.29) is 5.91 Å². The molecule has 1 aliphatic heterocycles. The standard InChI is InChI=1S/C21H32N4O2/c1-2-10-25-19-9-8-17(22-16-6-4-3-5-7-16)15-18(19)20(23-25)21(26)24-11-13-27-14-12-24/h2,16-17,22H,1,3-15H2. The van der Waals surface area contributed by atoms with Gasteiger partial charge < -0.3 is 15.0 Å². The van der Waals surface area contributed by atoms with Crippen molar-refractivity contribution in [3.63, 3.8) is 0 Å². The minimum Gasteiger partial charge on any atom is -0.378 e. The van der Waals surface area contributed by atoms with E-state index in [1.54, 1.807) is 0 Å². The van der Waals surface area contributed by atoms with Crippen LogP contribution in [0.1, 0.15) is 60.3 Å². The van der Waals surface area contributed by atoms with Gasteiger partial charge in [0.1, 0.15) is 0 Å². The third-order valence-corrected chi connectivity index (χ3v) is 6.23. The number of hydrogen-bond donors (Lipinski definition) is 1. The average molecular weight is 373 g/mol. The molecule has 6 nitrogen and oxygen atoms in total. The quantitative estimate of drug-likeness (QED) is 0.806. The molecule has 1 amide bonds. The Hall–Kier alpha value is -1.66. The zero-order chi connectivity index (χ0) is 18.6. The monoisotopic (exact) mass is 372 g/mol. The van der Waals surface area contributed by atoms with Gasteiger partial charge in [-0.1, -0.05) is 25.3 Å². The SMILES string of the molecule is C=CCn1nc(C(=O)N2CCOCC2)c2c1CCC(NC1CCCCC1)C2. The van der Waals surface area contributed by atoms with E-state index in [1.165, 1.54) is 37.8 Å². The highest BCUT2D eigenvalue weighted by molar-refractivity contribution is 5.94. The van der Waals surface area contributed by atoms with Crippen molar-refractivity contribution in [3.05, 3.63) is 29.6 Å². The summed E-state index contributed by atoms with van der Waals surface area (Å²) in [4.78, 5) is 15.0. The van der Waals surface area contributed by atoms with Gasteiger partial charge in [0.05, 0.1) is 19.8 Å². The molecule has 1 N–H and O–H groups in total. The van der Waals surface area contributed by atoms with Crippen molar-refractivity contribution in [3.8, 4) is 0 Å². The number of nitrogens with one attached hydrogen (secondary N) is 1. The lowest BCUT2D eigenvalue weighted by Crippen LogP contribution is -2.43. The first kappa shape index (κ1) is 18.7. The van der Waals surface area contributed by atoms with Crippen molar-refractivity contribution in [2.75, 3.05) is 26.3 Å². The summed E-state index contributed by atoms with van der Waals surface area (Å²) in [6.45, 7) is 7.08. The van der Waals surface area contributed by atoms with Gasteiger partial charge in [0.25, 0.3) is 5.91 Å². The van der Waals surface area contributed by atoms with Gasteiger partial charge in [-0.25, -0.2) is 0 Å². The highest BCUT2D eigenvalue weighted by Crippen LogP contribution is 2.28. The lowest BCUT2D eigenvalue weighted by atomic mass is 9.88. The molecule has 1 saturated heterocycles. The summed E-state index contributed by atoms with van der Waals surface area (Å²) in [5, 5.41) is 8.61. The molecule has 6 heteroatoms. The fourth-order valence-electron chi connectivity index (χ4n) is 4.79. The van der Waals surface area contributed by atoms with E-state index in [1.807, 2.05) is 15.7 Å². The van der Waals surface area contributed by atoms with E-state index in [4.69, 9.17) is 9.84 Å². The second kappa shape index (κ2) is 8.57. The van der Waals surface area contributed by atoms with Crippen molar-refractivity contribution in [1.82, 2.24) is 20.0 Å². The zero-order valence-electron chi connectivity index (χ0n) is 16.3. The van der Waals surface area contributed by atoms with Crippen LogP contribution in [0.25, 0.3) is 0 Å². The van der Waals surface area contributed by atoms with Gasteiger partial charge in [0, 0.05) is 36.4 Å². The number of carbonyl (C=O) groups excluding carboxylic acids is 1. The molecule has 0 radical (unpaired) electrons. The van der Waals surface area contributed by atoms with Gasteiger partial charge in [-0.15, -0.1) is 6.58 Å². The Bertz CT molecular complexity index is 672. The van der Waals surface area contributed by atoms with Crippen molar-refractivity contribution < 1.29 is 9.53 Å². The molecule has 1 saturated carbocycles. The summed E-state index contributed by atoms with van der Waals surface area (Å²) in [5.74, 6) is 0.0654. The Morgan fingerprint density at radius 1 is 1.19 bits per heavy atom. The molecule has 2 aliphatic carbocycles. The number of allylic oxidation sites excluding steroid dienone is 1. The molecule has 2 heterocycles. The van der Waals surface area contributed by atoms with Gasteiger partial charge >= 0.3 is 0 Å². The molecule has 0 bridgehead atoms. The Balaban J connectivity index is 1.53. The number of amides is 1. The number of aromatic nitrogens is 2. The second-order valence-electron chi connectivity index (χ2n) is 8.09. The number of ether oxygens (including phenoxy) is 1. The van der Waals surface area contributed by atoms with E-state index in [0.717, 1.165) is 24.8 Å². The van der Waals surface area contributed by atoms with E-state index >= 15 is 0 Å². The molecular formula is C21H32N4O2. The van der Waals surface area contributed by atoms with Crippen LogP contribution in [0, 0.1) is 0 Å². The highest BCUT2D eigenvalue weighted by Gasteiger charge is 2.32. The number of nitrogens with zero attached hydrogens (tertiary/aromatic N) is 3. The fraction of sp³-hybridized carbons (Fsp3) is 0.714. The molecule has 1 aromatic rings. The maximum Gasteiger partial charge on any atom is 0.274 e. The lowest BCUT2D eigenvalue weighted by molar-refractivity contribution is 0.0297. The number of carbonyl (C=O) groups is 1.